The van der Waals surface area contributed by atoms with Gasteiger partial charge in [0.25, 0.3) is 0 Å². The average Bonchev–Trinajstić information content (AvgIpc) is 2.14. The molecule has 1 atom stereocenters. The first-order valence-corrected chi connectivity index (χ1v) is 5.06. The van der Waals surface area contributed by atoms with E-state index in [1.54, 1.807) is 0 Å². The van der Waals surface area contributed by atoms with Gasteiger partial charge in [-0.2, -0.15) is 0 Å². The van der Waals surface area contributed by atoms with Crippen LogP contribution in [0.1, 0.15) is 29.7 Å². The molecule has 1 N–H and O–H groups in total. The number of hydrogen-bond acceptors (Lipinski definition) is 1. The van der Waals surface area contributed by atoms with Crippen LogP contribution in [0.15, 0.2) is 30.9 Å². The molecule has 0 radical (unpaired) electrons. The minimum Gasteiger partial charge on any atom is -0.307 e. The lowest BCUT2D eigenvalue weighted by atomic mass is 10.0. The summed E-state index contributed by atoms with van der Waals surface area (Å²) in [5.41, 5.74) is 4.05. The van der Waals surface area contributed by atoms with Crippen molar-refractivity contribution in [3.05, 3.63) is 47.5 Å². The number of nitrogens with one attached hydrogen (secondary N) is 1. The molecule has 0 saturated carbocycles. The van der Waals surface area contributed by atoms with E-state index in [9.17, 15) is 0 Å². The van der Waals surface area contributed by atoms with Crippen LogP contribution in [0.25, 0.3) is 0 Å². The fraction of sp³-hybridized carbons (Fsp3) is 0.385. The Morgan fingerprint density at radius 2 is 2.14 bits per heavy atom. The number of benzene rings is 1. The summed E-state index contributed by atoms with van der Waals surface area (Å²) < 4.78 is 0. The summed E-state index contributed by atoms with van der Waals surface area (Å²) >= 11 is 0. The molecule has 1 nitrogen and oxygen atoms in total. The van der Waals surface area contributed by atoms with Gasteiger partial charge in [-0.1, -0.05) is 29.8 Å². The highest BCUT2D eigenvalue weighted by atomic mass is 14.9. The van der Waals surface area contributed by atoms with Crippen molar-refractivity contribution in [1.82, 2.24) is 5.32 Å². The van der Waals surface area contributed by atoms with Crippen molar-refractivity contribution in [2.24, 2.45) is 0 Å². The Hall–Kier alpha value is -1.08. The van der Waals surface area contributed by atoms with Gasteiger partial charge in [-0.15, -0.1) is 6.58 Å². The third-order valence-electron chi connectivity index (χ3n) is 2.46. The number of rotatable bonds is 4. The minimum absolute atomic E-state index is 0.397. The summed E-state index contributed by atoms with van der Waals surface area (Å²) in [6.45, 7) is 11.0. The second-order valence-electron chi connectivity index (χ2n) is 3.78. The Labute approximate surface area is 86.8 Å². The fourth-order valence-corrected chi connectivity index (χ4v) is 1.68. The molecule has 0 aromatic heterocycles. The zero-order chi connectivity index (χ0) is 10.6. The van der Waals surface area contributed by atoms with Gasteiger partial charge in [0.05, 0.1) is 0 Å². The van der Waals surface area contributed by atoms with Gasteiger partial charge in [-0.25, -0.2) is 0 Å². The Morgan fingerprint density at radius 3 is 2.71 bits per heavy atom. The van der Waals surface area contributed by atoms with Crippen LogP contribution in [0, 0.1) is 13.8 Å². The van der Waals surface area contributed by atoms with Gasteiger partial charge in [0.15, 0.2) is 0 Å². The molecule has 1 aromatic carbocycles. The van der Waals surface area contributed by atoms with Crippen molar-refractivity contribution < 1.29 is 0 Å². The summed E-state index contributed by atoms with van der Waals surface area (Å²) in [4.78, 5) is 0. The van der Waals surface area contributed by atoms with E-state index < -0.39 is 0 Å². The van der Waals surface area contributed by atoms with E-state index >= 15 is 0 Å². The molecular formula is C13H19N. The molecule has 0 aliphatic rings. The second kappa shape index (κ2) is 4.97. The van der Waals surface area contributed by atoms with Crippen LogP contribution >= 0.6 is 0 Å². The normalized spacial score (nSPS) is 12.5. The quantitative estimate of drug-likeness (QED) is 0.717. The lowest BCUT2D eigenvalue weighted by Gasteiger charge is -2.15. The lowest BCUT2D eigenvalue weighted by Crippen LogP contribution is -2.19. The van der Waals surface area contributed by atoms with E-state index in [1.165, 1.54) is 16.7 Å². The van der Waals surface area contributed by atoms with Gasteiger partial charge in [-0.3, -0.25) is 0 Å². The zero-order valence-corrected chi connectivity index (χ0v) is 9.30. The summed E-state index contributed by atoms with van der Waals surface area (Å²) in [6.07, 6.45) is 1.89. The topological polar surface area (TPSA) is 12.0 Å². The van der Waals surface area contributed by atoms with Gasteiger partial charge in [0.1, 0.15) is 0 Å². The molecule has 0 fully saturated rings. The van der Waals surface area contributed by atoms with Crippen LogP contribution < -0.4 is 5.32 Å². The van der Waals surface area contributed by atoms with Crippen LogP contribution in [-0.4, -0.2) is 6.54 Å². The Morgan fingerprint density at radius 1 is 1.43 bits per heavy atom. The second-order valence-corrected chi connectivity index (χ2v) is 3.78. The van der Waals surface area contributed by atoms with Gasteiger partial charge in [0, 0.05) is 12.6 Å². The Bertz CT molecular complexity index is 315. The van der Waals surface area contributed by atoms with Crippen LogP contribution in [-0.2, 0) is 0 Å². The highest BCUT2D eigenvalue weighted by Crippen LogP contribution is 2.18. The van der Waals surface area contributed by atoms with Crippen molar-refractivity contribution in [3.8, 4) is 0 Å². The van der Waals surface area contributed by atoms with E-state index in [2.05, 4.69) is 50.9 Å². The summed E-state index contributed by atoms with van der Waals surface area (Å²) in [5.74, 6) is 0. The van der Waals surface area contributed by atoms with Gasteiger partial charge < -0.3 is 5.32 Å². The maximum atomic E-state index is 3.70. The molecule has 1 aromatic rings. The maximum Gasteiger partial charge on any atom is 0.0297 e. The van der Waals surface area contributed by atoms with E-state index in [4.69, 9.17) is 0 Å². The van der Waals surface area contributed by atoms with Crippen molar-refractivity contribution in [2.75, 3.05) is 6.54 Å². The molecule has 0 aliphatic heterocycles. The summed E-state index contributed by atoms with van der Waals surface area (Å²) in [7, 11) is 0. The predicted molar refractivity (Wildman–Crippen MR) is 62.5 cm³/mol. The predicted octanol–water partition coefficient (Wildman–Crippen LogP) is 3.14. The standard InChI is InChI=1S/C13H19N/c1-5-8-14-12(4)13-7-6-10(2)9-11(13)3/h5-7,9,12,14H,1,8H2,2-4H3/t12-/m0/s1. The molecule has 0 bridgehead atoms. The van der Waals surface area contributed by atoms with Gasteiger partial charge in [0.2, 0.25) is 0 Å². The molecule has 1 rings (SSSR count). The number of hydrogen-bond donors (Lipinski definition) is 1. The van der Waals surface area contributed by atoms with E-state index in [-0.39, 0.29) is 0 Å². The third-order valence-corrected chi connectivity index (χ3v) is 2.46. The van der Waals surface area contributed by atoms with Gasteiger partial charge >= 0.3 is 0 Å². The van der Waals surface area contributed by atoms with Crippen LogP contribution in [0.2, 0.25) is 0 Å². The molecule has 0 saturated heterocycles. The smallest absolute Gasteiger partial charge is 0.0297 e. The van der Waals surface area contributed by atoms with E-state index in [1.807, 2.05) is 6.08 Å². The van der Waals surface area contributed by atoms with Gasteiger partial charge in [-0.05, 0) is 31.9 Å². The van der Waals surface area contributed by atoms with Crippen molar-refractivity contribution >= 4 is 0 Å². The fourth-order valence-electron chi connectivity index (χ4n) is 1.68. The molecule has 1 heteroatoms. The Kier molecular flexibility index (Phi) is 3.90. The van der Waals surface area contributed by atoms with Crippen molar-refractivity contribution in [1.29, 1.82) is 0 Å². The highest BCUT2D eigenvalue weighted by Gasteiger charge is 2.06. The summed E-state index contributed by atoms with van der Waals surface area (Å²) in [5, 5.41) is 3.39. The Balaban J connectivity index is 2.78. The van der Waals surface area contributed by atoms with Crippen molar-refractivity contribution in [3.63, 3.8) is 0 Å². The van der Waals surface area contributed by atoms with Crippen LogP contribution in [0.5, 0.6) is 0 Å². The SMILES string of the molecule is C=CCN[C@@H](C)c1ccc(C)cc1C. The monoisotopic (exact) mass is 189 g/mol. The summed E-state index contributed by atoms with van der Waals surface area (Å²) in [6, 6.07) is 6.98. The zero-order valence-electron chi connectivity index (χ0n) is 9.30. The first-order chi connectivity index (χ1) is 6.65. The van der Waals surface area contributed by atoms with E-state index in [0.717, 1.165) is 6.54 Å². The van der Waals surface area contributed by atoms with Crippen LogP contribution in [0.3, 0.4) is 0 Å². The molecule has 0 aliphatic carbocycles. The molecule has 76 valence electrons. The van der Waals surface area contributed by atoms with Crippen molar-refractivity contribution in [2.45, 2.75) is 26.8 Å². The third kappa shape index (κ3) is 2.71. The maximum absolute atomic E-state index is 3.70. The largest absolute Gasteiger partial charge is 0.307 e. The average molecular weight is 189 g/mol. The minimum atomic E-state index is 0.397. The van der Waals surface area contributed by atoms with Crippen LogP contribution in [0.4, 0.5) is 0 Å². The molecule has 14 heavy (non-hydrogen) atoms. The first-order valence-electron chi connectivity index (χ1n) is 5.06. The highest BCUT2D eigenvalue weighted by molar-refractivity contribution is 5.32. The first kappa shape index (κ1) is 11.0. The molecule has 0 heterocycles. The molecule has 0 unspecified atom stereocenters. The lowest BCUT2D eigenvalue weighted by molar-refractivity contribution is 0.614. The molecule has 0 spiro atoms. The number of aryl methyl sites for hydroxylation is 2. The van der Waals surface area contributed by atoms with E-state index in [0.29, 0.717) is 6.04 Å². The molecular weight excluding hydrogens is 170 g/mol. The molecule has 0 amide bonds.